The SMILES string of the molecule is CCNC(=NCc1ncnn1C)NCCOc1cccc(Br)c1. The van der Waals surface area contributed by atoms with Crippen LogP contribution >= 0.6 is 15.9 Å². The molecule has 0 aliphatic carbocycles. The van der Waals surface area contributed by atoms with Crippen LogP contribution in [0.25, 0.3) is 0 Å². The molecule has 0 atom stereocenters. The number of benzene rings is 1. The number of aromatic nitrogens is 3. The number of hydrogen-bond donors (Lipinski definition) is 2. The van der Waals surface area contributed by atoms with E-state index in [0.717, 1.165) is 28.6 Å². The first-order valence-corrected chi connectivity index (χ1v) is 8.21. The zero-order valence-corrected chi connectivity index (χ0v) is 14.9. The second kappa shape index (κ2) is 9.14. The van der Waals surface area contributed by atoms with Crippen molar-refractivity contribution < 1.29 is 4.74 Å². The van der Waals surface area contributed by atoms with Crippen molar-refractivity contribution in [1.82, 2.24) is 25.4 Å². The average molecular weight is 381 g/mol. The summed E-state index contributed by atoms with van der Waals surface area (Å²) in [5, 5.41) is 10.5. The van der Waals surface area contributed by atoms with Crippen LogP contribution in [0.15, 0.2) is 40.1 Å². The second-order valence-corrected chi connectivity index (χ2v) is 5.64. The molecular weight excluding hydrogens is 360 g/mol. The van der Waals surface area contributed by atoms with Gasteiger partial charge >= 0.3 is 0 Å². The average Bonchev–Trinajstić information content (AvgIpc) is 2.94. The molecule has 1 aromatic heterocycles. The molecule has 0 aliphatic heterocycles. The molecule has 0 saturated heterocycles. The lowest BCUT2D eigenvalue weighted by molar-refractivity contribution is 0.321. The summed E-state index contributed by atoms with van der Waals surface area (Å²) in [5.74, 6) is 2.38. The molecule has 2 aromatic rings. The Balaban J connectivity index is 1.79. The lowest BCUT2D eigenvalue weighted by Crippen LogP contribution is -2.39. The fourth-order valence-electron chi connectivity index (χ4n) is 1.85. The summed E-state index contributed by atoms with van der Waals surface area (Å²) >= 11 is 3.42. The minimum absolute atomic E-state index is 0.471. The zero-order valence-electron chi connectivity index (χ0n) is 13.3. The summed E-state index contributed by atoms with van der Waals surface area (Å²) in [6.45, 7) is 4.48. The Kier molecular flexibility index (Phi) is 6.86. The molecule has 1 heterocycles. The molecular formula is C15H21BrN6O. The molecule has 0 spiro atoms. The van der Waals surface area contributed by atoms with Gasteiger partial charge in [0.25, 0.3) is 0 Å². The first-order valence-electron chi connectivity index (χ1n) is 7.42. The van der Waals surface area contributed by atoms with E-state index in [9.17, 15) is 0 Å². The van der Waals surface area contributed by atoms with Gasteiger partial charge in [0, 0.05) is 18.1 Å². The highest BCUT2D eigenvalue weighted by Crippen LogP contribution is 2.17. The first-order chi connectivity index (χ1) is 11.2. The van der Waals surface area contributed by atoms with E-state index in [4.69, 9.17) is 4.74 Å². The van der Waals surface area contributed by atoms with Gasteiger partial charge in [0.1, 0.15) is 31.1 Å². The van der Waals surface area contributed by atoms with E-state index in [1.807, 2.05) is 38.2 Å². The molecule has 0 saturated carbocycles. The number of aryl methyl sites for hydroxylation is 1. The van der Waals surface area contributed by atoms with Gasteiger partial charge < -0.3 is 15.4 Å². The molecule has 2 rings (SSSR count). The Morgan fingerprint density at radius 2 is 2.26 bits per heavy atom. The smallest absolute Gasteiger partial charge is 0.191 e. The number of guanidine groups is 1. The van der Waals surface area contributed by atoms with Crippen LogP contribution < -0.4 is 15.4 Å². The molecule has 23 heavy (non-hydrogen) atoms. The maximum Gasteiger partial charge on any atom is 0.191 e. The topological polar surface area (TPSA) is 76.4 Å². The number of nitrogens with one attached hydrogen (secondary N) is 2. The molecule has 0 unspecified atom stereocenters. The predicted molar refractivity (Wildman–Crippen MR) is 93.5 cm³/mol. The highest BCUT2D eigenvalue weighted by atomic mass is 79.9. The van der Waals surface area contributed by atoms with E-state index in [1.54, 1.807) is 4.68 Å². The van der Waals surface area contributed by atoms with Gasteiger partial charge in [0.2, 0.25) is 0 Å². The van der Waals surface area contributed by atoms with Crippen LogP contribution in [0.4, 0.5) is 0 Å². The van der Waals surface area contributed by atoms with E-state index in [-0.39, 0.29) is 0 Å². The zero-order chi connectivity index (χ0) is 16.5. The minimum Gasteiger partial charge on any atom is -0.492 e. The van der Waals surface area contributed by atoms with Gasteiger partial charge in [-0.25, -0.2) is 9.98 Å². The number of nitrogens with zero attached hydrogens (tertiary/aromatic N) is 4. The predicted octanol–water partition coefficient (Wildman–Crippen LogP) is 1.71. The summed E-state index contributed by atoms with van der Waals surface area (Å²) in [6, 6.07) is 7.78. The largest absolute Gasteiger partial charge is 0.492 e. The van der Waals surface area contributed by atoms with E-state index in [0.29, 0.717) is 19.7 Å². The second-order valence-electron chi connectivity index (χ2n) is 4.73. The Bertz CT molecular complexity index is 642. The molecule has 124 valence electrons. The number of rotatable bonds is 7. The molecule has 1 aromatic carbocycles. The Hall–Kier alpha value is -2.09. The van der Waals surface area contributed by atoms with Crippen molar-refractivity contribution in [3.05, 3.63) is 40.9 Å². The monoisotopic (exact) mass is 380 g/mol. The molecule has 8 heteroatoms. The molecule has 0 amide bonds. The van der Waals surface area contributed by atoms with Crippen LogP contribution in [0.1, 0.15) is 12.7 Å². The molecule has 0 radical (unpaired) electrons. The number of ether oxygens (including phenoxy) is 1. The highest BCUT2D eigenvalue weighted by Gasteiger charge is 2.01. The Labute approximate surface area is 144 Å². The van der Waals surface area contributed by atoms with Crippen molar-refractivity contribution in [2.75, 3.05) is 19.7 Å². The minimum atomic E-state index is 0.471. The number of aliphatic imine (C=N–C) groups is 1. The summed E-state index contributed by atoms with van der Waals surface area (Å²) in [7, 11) is 1.85. The van der Waals surface area contributed by atoms with Gasteiger partial charge in [-0.15, -0.1) is 0 Å². The van der Waals surface area contributed by atoms with E-state index in [1.165, 1.54) is 6.33 Å². The summed E-state index contributed by atoms with van der Waals surface area (Å²) < 4.78 is 8.40. The van der Waals surface area contributed by atoms with Gasteiger partial charge in [0.05, 0.1) is 6.54 Å². The molecule has 0 bridgehead atoms. The van der Waals surface area contributed by atoms with Crippen molar-refractivity contribution in [3.8, 4) is 5.75 Å². The summed E-state index contributed by atoms with van der Waals surface area (Å²) in [4.78, 5) is 8.64. The normalized spacial score (nSPS) is 11.3. The summed E-state index contributed by atoms with van der Waals surface area (Å²) in [6.07, 6.45) is 1.52. The fraction of sp³-hybridized carbons (Fsp3) is 0.400. The van der Waals surface area contributed by atoms with Crippen molar-refractivity contribution in [2.45, 2.75) is 13.5 Å². The van der Waals surface area contributed by atoms with Crippen LogP contribution in [-0.2, 0) is 13.6 Å². The fourth-order valence-corrected chi connectivity index (χ4v) is 2.23. The van der Waals surface area contributed by atoms with Gasteiger partial charge in [-0.2, -0.15) is 5.10 Å². The lowest BCUT2D eigenvalue weighted by Gasteiger charge is -2.12. The van der Waals surface area contributed by atoms with E-state index in [2.05, 4.69) is 41.6 Å². The highest BCUT2D eigenvalue weighted by molar-refractivity contribution is 9.10. The third-order valence-corrected chi connectivity index (χ3v) is 3.48. The van der Waals surface area contributed by atoms with Crippen LogP contribution in [0, 0.1) is 0 Å². The van der Waals surface area contributed by atoms with Crippen LogP contribution in [0.2, 0.25) is 0 Å². The number of hydrogen-bond acceptors (Lipinski definition) is 4. The van der Waals surface area contributed by atoms with E-state index < -0.39 is 0 Å². The molecule has 0 fully saturated rings. The third kappa shape index (κ3) is 5.90. The molecule has 2 N–H and O–H groups in total. The van der Waals surface area contributed by atoms with E-state index >= 15 is 0 Å². The molecule has 0 aliphatic rings. The maximum absolute atomic E-state index is 5.68. The lowest BCUT2D eigenvalue weighted by atomic mass is 10.3. The Morgan fingerprint density at radius 3 is 2.96 bits per heavy atom. The first kappa shape index (κ1) is 17.3. The standard InChI is InChI=1S/C15H21BrN6O/c1-3-17-15(19-10-14-20-11-21-22(14)2)18-7-8-23-13-6-4-5-12(16)9-13/h4-6,9,11H,3,7-8,10H2,1-2H3,(H2,17,18,19). The maximum atomic E-state index is 5.68. The van der Waals surface area contributed by atoms with Gasteiger partial charge in [0.15, 0.2) is 5.96 Å². The van der Waals surface area contributed by atoms with Crippen molar-refractivity contribution >= 4 is 21.9 Å². The summed E-state index contributed by atoms with van der Waals surface area (Å²) in [5.41, 5.74) is 0. The van der Waals surface area contributed by atoms with Crippen LogP contribution in [0.5, 0.6) is 5.75 Å². The third-order valence-electron chi connectivity index (χ3n) is 2.99. The van der Waals surface area contributed by atoms with Crippen molar-refractivity contribution in [1.29, 1.82) is 0 Å². The van der Waals surface area contributed by atoms with Crippen molar-refractivity contribution in [2.24, 2.45) is 12.0 Å². The number of halogens is 1. The van der Waals surface area contributed by atoms with Crippen molar-refractivity contribution in [3.63, 3.8) is 0 Å². The van der Waals surface area contributed by atoms with Crippen LogP contribution in [-0.4, -0.2) is 40.4 Å². The Morgan fingerprint density at radius 1 is 1.39 bits per heavy atom. The van der Waals surface area contributed by atoms with Gasteiger partial charge in [-0.1, -0.05) is 22.0 Å². The van der Waals surface area contributed by atoms with Gasteiger partial charge in [-0.3, -0.25) is 4.68 Å². The molecule has 7 nitrogen and oxygen atoms in total. The quantitative estimate of drug-likeness (QED) is 0.434. The van der Waals surface area contributed by atoms with Crippen LogP contribution in [0.3, 0.4) is 0 Å². The van der Waals surface area contributed by atoms with Gasteiger partial charge in [-0.05, 0) is 25.1 Å².